The first-order valence-electron chi connectivity index (χ1n) is 5.16. The van der Waals surface area contributed by atoms with E-state index < -0.39 is 0 Å². The molecule has 1 aromatic heterocycles. The van der Waals surface area contributed by atoms with Crippen LogP contribution in [0.2, 0.25) is 0 Å². The topological polar surface area (TPSA) is 64.7 Å². The van der Waals surface area contributed by atoms with Crippen LogP contribution in [-0.2, 0) is 6.42 Å². The van der Waals surface area contributed by atoms with Gasteiger partial charge in [0.25, 0.3) is 0 Å². The van der Waals surface area contributed by atoms with Gasteiger partial charge in [0.15, 0.2) is 0 Å². The molecule has 0 fully saturated rings. The highest BCUT2D eigenvalue weighted by atomic mass is 15.1. The summed E-state index contributed by atoms with van der Waals surface area (Å²) < 4.78 is 0. The average molecular weight is 214 g/mol. The van der Waals surface area contributed by atoms with Crippen LogP contribution in [0.4, 0.5) is 5.95 Å². The maximum absolute atomic E-state index is 5.58. The van der Waals surface area contributed by atoms with E-state index in [9.17, 15) is 0 Å². The van der Waals surface area contributed by atoms with Gasteiger partial charge in [0, 0.05) is 6.42 Å². The van der Waals surface area contributed by atoms with Crippen molar-refractivity contribution in [2.45, 2.75) is 20.3 Å². The molecule has 0 aliphatic rings. The van der Waals surface area contributed by atoms with Crippen LogP contribution in [0.15, 0.2) is 24.3 Å². The Morgan fingerprint density at radius 2 is 1.94 bits per heavy atom. The molecule has 0 radical (unpaired) electrons. The highest BCUT2D eigenvalue weighted by Gasteiger charge is 2.02. The standard InChI is InChI=1S/C12H14N4/c1-8-4-3-5-10(6-8)7-11-14-9(2)15-12(13)16-11/h3-6H,7H2,1-2H3,(H2,13,14,15,16). The lowest BCUT2D eigenvalue weighted by molar-refractivity contribution is 0.889. The molecule has 16 heavy (non-hydrogen) atoms. The van der Waals surface area contributed by atoms with Gasteiger partial charge in [-0.1, -0.05) is 29.8 Å². The number of nitrogens with two attached hydrogens (primary N) is 1. The Kier molecular flexibility index (Phi) is 2.81. The van der Waals surface area contributed by atoms with E-state index in [1.807, 2.05) is 13.0 Å². The van der Waals surface area contributed by atoms with Crippen molar-refractivity contribution in [2.75, 3.05) is 5.73 Å². The Morgan fingerprint density at radius 3 is 2.62 bits per heavy atom. The van der Waals surface area contributed by atoms with Crippen molar-refractivity contribution in [3.8, 4) is 0 Å². The van der Waals surface area contributed by atoms with E-state index in [4.69, 9.17) is 5.73 Å². The van der Waals surface area contributed by atoms with Gasteiger partial charge in [-0.25, -0.2) is 4.98 Å². The highest BCUT2D eigenvalue weighted by Crippen LogP contribution is 2.08. The van der Waals surface area contributed by atoms with Crippen molar-refractivity contribution in [2.24, 2.45) is 0 Å². The number of anilines is 1. The predicted octanol–water partition coefficient (Wildman–Crippen LogP) is 1.66. The van der Waals surface area contributed by atoms with Gasteiger partial charge in [0.05, 0.1) is 0 Å². The number of benzene rings is 1. The summed E-state index contributed by atoms with van der Waals surface area (Å²) in [6.07, 6.45) is 0.690. The van der Waals surface area contributed by atoms with Crippen LogP contribution < -0.4 is 5.73 Å². The lowest BCUT2D eigenvalue weighted by Crippen LogP contribution is -2.05. The minimum Gasteiger partial charge on any atom is -0.368 e. The van der Waals surface area contributed by atoms with Gasteiger partial charge in [-0.2, -0.15) is 9.97 Å². The summed E-state index contributed by atoms with van der Waals surface area (Å²) in [6, 6.07) is 8.27. The second kappa shape index (κ2) is 4.26. The number of aromatic nitrogens is 3. The Balaban J connectivity index is 2.27. The van der Waals surface area contributed by atoms with Gasteiger partial charge in [-0.3, -0.25) is 0 Å². The number of hydrogen-bond donors (Lipinski definition) is 1. The van der Waals surface area contributed by atoms with Crippen molar-refractivity contribution >= 4 is 5.95 Å². The van der Waals surface area contributed by atoms with E-state index in [1.165, 1.54) is 11.1 Å². The summed E-state index contributed by atoms with van der Waals surface area (Å²) in [5, 5.41) is 0. The fraction of sp³-hybridized carbons (Fsp3) is 0.250. The summed E-state index contributed by atoms with van der Waals surface area (Å²) in [6.45, 7) is 3.88. The van der Waals surface area contributed by atoms with Crippen molar-refractivity contribution in [3.63, 3.8) is 0 Å². The first kappa shape index (κ1) is 10.5. The Hall–Kier alpha value is -1.97. The number of rotatable bonds is 2. The van der Waals surface area contributed by atoms with Crippen molar-refractivity contribution in [3.05, 3.63) is 47.0 Å². The normalized spacial score (nSPS) is 10.4. The fourth-order valence-electron chi connectivity index (χ4n) is 1.64. The summed E-state index contributed by atoms with van der Waals surface area (Å²) >= 11 is 0. The number of nitrogen functional groups attached to an aromatic ring is 1. The van der Waals surface area contributed by atoms with Gasteiger partial charge in [0.2, 0.25) is 5.95 Å². The lowest BCUT2D eigenvalue weighted by atomic mass is 10.1. The molecule has 82 valence electrons. The molecule has 0 bridgehead atoms. The zero-order chi connectivity index (χ0) is 11.5. The van der Waals surface area contributed by atoms with E-state index >= 15 is 0 Å². The van der Waals surface area contributed by atoms with Gasteiger partial charge >= 0.3 is 0 Å². The summed E-state index contributed by atoms with van der Waals surface area (Å²) in [4.78, 5) is 12.3. The largest absolute Gasteiger partial charge is 0.368 e. The molecule has 0 aliphatic heterocycles. The second-order valence-electron chi connectivity index (χ2n) is 3.82. The van der Waals surface area contributed by atoms with Crippen LogP contribution in [0, 0.1) is 13.8 Å². The summed E-state index contributed by atoms with van der Waals surface area (Å²) in [5.41, 5.74) is 8.00. The molecule has 2 aromatic rings. The van der Waals surface area contributed by atoms with E-state index in [1.54, 1.807) is 0 Å². The van der Waals surface area contributed by atoms with Crippen molar-refractivity contribution in [1.29, 1.82) is 0 Å². The molecular weight excluding hydrogens is 200 g/mol. The van der Waals surface area contributed by atoms with Gasteiger partial charge in [-0.15, -0.1) is 0 Å². The SMILES string of the molecule is Cc1cccc(Cc2nc(C)nc(N)n2)c1. The molecular formula is C12H14N4. The zero-order valence-corrected chi connectivity index (χ0v) is 9.44. The number of nitrogens with zero attached hydrogens (tertiary/aromatic N) is 3. The van der Waals surface area contributed by atoms with Crippen LogP contribution in [0.1, 0.15) is 22.8 Å². The van der Waals surface area contributed by atoms with Gasteiger partial charge < -0.3 is 5.73 Å². The molecule has 0 amide bonds. The molecule has 0 aliphatic carbocycles. The maximum Gasteiger partial charge on any atom is 0.223 e. The number of aryl methyl sites for hydroxylation is 2. The van der Waals surface area contributed by atoms with Crippen molar-refractivity contribution in [1.82, 2.24) is 15.0 Å². The third-order valence-corrected chi connectivity index (χ3v) is 2.26. The molecule has 1 heterocycles. The molecule has 2 N–H and O–H groups in total. The molecule has 4 heteroatoms. The lowest BCUT2D eigenvalue weighted by Gasteiger charge is -2.03. The average Bonchev–Trinajstić information content (AvgIpc) is 2.15. The second-order valence-corrected chi connectivity index (χ2v) is 3.82. The first-order valence-corrected chi connectivity index (χ1v) is 5.16. The predicted molar refractivity (Wildman–Crippen MR) is 63.0 cm³/mol. The Morgan fingerprint density at radius 1 is 1.12 bits per heavy atom. The third-order valence-electron chi connectivity index (χ3n) is 2.26. The van der Waals surface area contributed by atoms with Crippen LogP contribution in [0.3, 0.4) is 0 Å². The Bertz CT molecular complexity index is 488. The molecule has 1 aromatic carbocycles. The van der Waals surface area contributed by atoms with Crippen LogP contribution in [0.25, 0.3) is 0 Å². The van der Waals surface area contributed by atoms with Crippen LogP contribution in [0.5, 0.6) is 0 Å². The van der Waals surface area contributed by atoms with E-state index in [0.29, 0.717) is 12.2 Å². The quantitative estimate of drug-likeness (QED) is 0.825. The van der Waals surface area contributed by atoms with Gasteiger partial charge in [0.1, 0.15) is 11.6 Å². The molecule has 0 spiro atoms. The molecule has 0 saturated heterocycles. The molecule has 0 saturated carbocycles. The third kappa shape index (κ3) is 2.53. The monoisotopic (exact) mass is 214 g/mol. The number of hydrogen-bond acceptors (Lipinski definition) is 4. The first-order chi connectivity index (χ1) is 7.63. The highest BCUT2D eigenvalue weighted by molar-refractivity contribution is 5.26. The smallest absolute Gasteiger partial charge is 0.223 e. The maximum atomic E-state index is 5.58. The molecule has 0 unspecified atom stereocenters. The van der Waals surface area contributed by atoms with Gasteiger partial charge in [-0.05, 0) is 19.4 Å². The van der Waals surface area contributed by atoms with E-state index in [0.717, 1.165) is 5.82 Å². The fourth-order valence-corrected chi connectivity index (χ4v) is 1.64. The summed E-state index contributed by atoms with van der Waals surface area (Å²) in [7, 11) is 0. The van der Waals surface area contributed by atoms with Crippen molar-refractivity contribution < 1.29 is 0 Å². The Labute approximate surface area is 94.6 Å². The minimum absolute atomic E-state index is 0.287. The summed E-state index contributed by atoms with van der Waals surface area (Å²) in [5.74, 6) is 1.67. The zero-order valence-electron chi connectivity index (χ0n) is 9.44. The van der Waals surface area contributed by atoms with E-state index in [-0.39, 0.29) is 5.95 Å². The van der Waals surface area contributed by atoms with E-state index in [2.05, 4.69) is 40.1 Å². The molecule has 0 atom stereocenters. The molecule has 2 rings (SSSR count). The van der Waals surface area contributed by atoms with Crippen LogP contribution in [-0.4, -0.2) is 15.0 Å². The molecule has 4 nitrogen and oxygen atoms in total. The van der Waals surface area contributed by atoms with Crippen LogP contribution >= 0.6 is 0 Å². The minimum atomic E-state index is 0.287.